The van der Waals surface area contributed by atoms with Crippen LogP contribution in [0.25, 0.3) is 0 Å². The lowest BCUT2D eigenvalue weighted by Gasteiger charge is -2.04. The summed E-state index contributed by atoms with van der Waals surface area (Å²) in [7, 11) is 0. The van der Waals surface area contributed by atoms with E-state index in [1.807, 2.05) is 12.2 Å². The van der Waals surface area contributed by atoms with Gasteiger partial charge in [-0.25, -0.2) is 0 Å². The average molecular weight is 234 g/mol. The van der Waals surface area contributed by atoms with Crippen molar-refractivity contribution < 1.29 is 4.79 Å². The summed E-state index contributed by atoms with van der Waals surface area (Å²) in [6.45, 7) is 0. The monoisotopic (exact) mass is 234 g/mol. The van der Waals surface area contributed by atoms with Gasteiger partial charge in [0.25, 0.3) is 0 Å². The maximum atomic E-state index is 10.2. The summed E-state index contributed by atoms with van der Waals surface area (Å²) >= 11 is 2.24. The van der Waals surface area contributed by atoms with E-state index in [1.165, 1.54) is 3.58 Å². The molecule has 0 fully saturated rings. The summed E-state index contributed by atoms with van der Waals surface area (Å²) < 4.78 is 1.23. The highest BCUT2D eigenvalue weighted by Gasteiger charge is 2.03. The van der Waals surface area contributed by atoms with Crippen molar-refractivity contribution in [3.05, 3.63) is 21.8 Å². The fourth-order valence-corrected chi connectivity index (χ4v) is 1.17. The number of aldehydes is 1. The SMILES string of the molecule is O=CC1C=CC(I)=CC1. The van der Waals surface area contributed by atoms with Crippen LogP contribution in [0.2, 0.25) is 0 Å². The van der Waals surface area contributed by atoms with E-state index in [0.717, 1.165) is 12.7 Å². The second-order valence-electron chi connectivity index (χ2n) is 1.98. The molecule has 1 aliphatic carbocycles. The van der Waals surface area contributed by atoms with Gasteiger partial charge >= 0.3 is 0 Å². The molecular formula is C7H7IO. The summed E-state index contributed by atoms with van der Waals surface area (Å²) in [5.41, 5.74) is 0. The third-order valence-electron chi connectivity index (χ3n) is 1.26. The van der Waals surface area contributed by atoms with E-state index in [9.17, 15) is 4.79 Å². The fraction of sp³-hybridized carbons (Fsp3) is 0.286. The standard InChI is InChI=1S/C7H7IO/c8-7-3-1-6(5-9)2-4-7/h1,3-6H,2H2. The molecule has 0 heterocycles. The van der Waals surface area contributed by atoms with Crippen LogP contribution in [0.3, 0.4) is 0 Å². The average Bonchev–Trinajstić information content (AvgIpc) is 1.90. The number of allylic oxidation sites excluding steroid dienone is 4. The van der Waals surface area contributed by atoms with Crippen molar-refractivity contribution in [3.63, 3.8) is 0 Å². The minimum atomic E-state index is 0.128. The molecule has 0 saturated heterocycles. The van der Waals surface area contributed by atoms with E-state index in [4.69, 9.17) is 0 Å². The van der Waals surface area contributed by atoms with Gasteiger partial charge in [-0.2, -0.15) is 0 Å². The molecule has 1 rings (SSSR count). The molecule has 0 aliphatic heterocycles. The summed E-state index contributed by atoms with van der Waals surface area (Å²) in [4.78, 5) is 10.2. The van der Waals surface area contributed by atoms with Crippen molar-refractivity contribution in [1.29, 1.82) is 0 Å². The first-order chi connectivity index (χ1) is 4.33. The Hall–Kier alpha value is -0.120. The van der Waals surface area contributed by atoms with Gasteiger partial charge in [-0.3, -0.25) is 0 Å². The van der Waals surface area contributed by atoms with Gasteiger partial charge in [0, 0.05) is 9.50 Å². The third kappa shape index (κ3) is 1.93. The molecule has 9 heavy (non-hydrogen) atoms. The number of hydrogen-bond acceptors (Lipinski definition) is 1. The van der Waals surface area contributed by atoms with Crippen LogP contribution in [0.15, 0.2) is 21.8 Å². The summed E-state index contributed by atoms with van der Waals surface area (Å²) in [6, 6.07) is 0. The molecule has 1 aliphatic rings. The molecule has 0 saturated carbocycles. The van der Waals surface area contributed by atoms with E-state index >= 15 is 0 Å². The molecule has 0 bridgehead atoms. The summed E-state index contributed by atoms with van der Waals surface area (Å²) in [5, 5.41) is 0. The van der Waals surface area contributed by atoms with E-state index in [1.54, 1.807) is 0 Å². The predicted molar refractivity (Wildman–Crippen MR) is 45.4 cm³/mol. The number of rotatable bonds is 1. The van der Waals surface area contributed by atoms with Gasteiger partial charge in [0.2, 0.25) is 0 Å². The normalized spacial score (nSPS) is 25.4. The zero-order valence-corrected chi connectivity index (χ0v) is 7.04. The van der Waals surface area contributed by atoms with Crippen molar-refractivity contribution in [1.82, 2.24) is 0 Å². The van der Waals surface area contributed by atoms with Crippen LogP contribution in [0.4, 0.5) is 0 Å². The number of carbonyl (C=O) groups excluding carboxylic acids is 1. The third-order valence-corrected chi connectivity index (χ3v) is 2.06. The molecule has 0 amide bonds. The van der Waals surface area contributed by atoms with Crippen molar-refractivity contribution in [2.45, 2.75) is 6.42 Å². The minimum absolute atomic E-state index is 0.128. The van der Waals surface area contributed by atoms with Crippen molar-refractivity contribution in [2.75, 3.05) is 0 Å². The maximum Gasteiger partial charge on any atom is 0.127 e. The Balaban J connectivity index is 2.58. The summed E-state index contributed by atoms with van der Waals surface area (Å²) in [5.74, 6) is 0.128. The minimum Gasteiger partial charge on any atom is -0.303 e. The Morgan fingerprint density at radius 3 is 3.00 bits per heavy atom. The van der Waals surface area contributed by atoms with Crippen LogP contribution in [0, 0.1) is 5.92 Å². The second kappa shape index (κ2) is 3.15. The Labute approximate surface area is 68.0 Å². The first kappa shape index (κ1) is 6.99. The van der Waals surface area contributed by atoms with Gasteiger partial charge in [0.15, 0.2) is 0 Å². The Bertz CT molecular complexity index is 170. The molecule has 0 aromatic carbocycles. The Morgan fingerprint density at radius 1 is 1.78 bits per heavy atom. The van der Waals surface area contributed by atoms with E-state index < -0.39 is 0 Å². The molecule has 1 nitrogen and oxygen atoms in total. The van der Waals surface area contributed by atoms with Crippen LogP contribution in [-0.4, -0.2) is 6.29 Å². The van der Waals surface area contributed by atoms with Crippen LogP contribution in [0.5, 0.6) is 0 Å². The van der Waals surface area contributed by atoms with Crippen LogP contribution in [0.1, 0.15) is 6.42 Å². The van der Waals surface area contributed by atoms with Crippen molar-refractivity contribution in [2.24, 2.45) is 5.92 Å². The molecule has 48 valence electrons. The molecule has 1 atom stereocenters. The number of hydrogen-bond donors (Lipinski definition) is 0. The molecule has 0 aromatic heterocycles. The summed E-state index contributed by atoms with van der Waals surface area (Å²) in [6.07, 6.45) is 7.84. The lowest BCUT2D eigenvalue weighted by Crippen LogP contribution is -1.98. The predicted octanol–water partition coefficient (Wildman–Crippen LogP) is 2.08. The lowest BCUT2D eigenvalue weighted by molar-refractivity contribution is -0.109. The Kier molecular flexibility index (Phi) is 2.45. The zero-order valence-electron chi connectivity index (χ0n) is 4.88. The second-order valence-corrected chi connectivity index (χ2v) is 3.23. The molecular weight excluding hydrogens is 227 g/mol. The van der Waals surface area contributed by atoms with Crippen LogP contribution >= 0.6 is 22.6 Å². The maximum absolute atomic E-state index is 10.2. The molecule has 0 aromatic rings. The van der Waals surface area contributed by atoms with E-state index in [-0.39, 0.29) is 5.92 Å². The number of halogens is 1. The van der Waals surface area contributed by atoms with Gasteiger partial charge < -0.3 is 4.79 Å². The zero-order chi connectivity index (χ0) is 6.69. The molecule has 0 spiro atoms. The lowest BCUT2D eigenvalue weighted by atomic mass is 10.0. The van der Waals surface area contributed by atoms with Gasteiger partial charge in [-0.1, -0.05) is 18.2 Å². The smallest absolute Gasteiger partial charge is 0.127 e. The van der Waals surface area contributed by atoms with Gasteiger partial charge in [-0.05, 0) is 29.0 Å². The Morgan fingerprint density at radius 2 is 2.56 bits per heavy atom. The van der Waals surface area contributed by atoms with E-state index in [0.29, 0.717) is 0 Å². The number of carbonyl (C=O) groups is 1. The van der Waals surface area contributed by atoms with Gasteiger partial charge in [-0.15, -0.1) is 0 Å². The first-order valence-corrected chi connectivity index (χ1v) is 3.90. The molecule has 0 N–H and O–H groups in total. The van der Waals surface area contributed by atoms with Crippen LogP contribution < -0.4 is 0 Å². The highest BCUT2D eigenvalue weighted by Crippen LogP contribution is 2.18. The molecule has 0 radical (unpaired) electrons. The van der Waals surface area contributed by atoms with Crippen LogP contribution in [-0.2, 0) is 4.79 Å². The first-order valence-electron chi connectivity index (χ1n) is 2.82. The van der Waals surface area contributed by atoms with Gasteiger partial charge in [0.05, 0.1) is 0 Å². The highest BCUT2D eigenvalue weighted by molar-refractivity contribution is 14.1. The highest BCUT2D eigenvalue weighted by atomic mass is 127. The van der Waals surface area contributed by atoms with Crippen molar-refractivity contribution >= 4 is 28.9 Å². The molecule has 2 heteroatoms. The van der Waals surface area contributed by atoms with Crippen molar-refractivity contribution in [3.8, 4) is 0 Å². The quantitative estimate of drug-likeness (QED) is 0.501. The topological polar surface area (TPSA) is 17.1 Å². The van der Waals surface area contributed by atoms with Gasteiger partial charge in [0.1, 0.15) is 6.29 Å². The largest absolute Gasteiger partial charge is 0.303 e. The fourth-order valence-electron chi connectivity index (χ4n) is 0.712. The van der Waals surface area contributed by atoms with E-state index in [2.05, 4.69) is 28.7 Å². The molecule has 1 unspecified atom stereocenters.